The number of fused-ring (bicyclic) bond motifs is 2. The Labute approximate surface area is 124 Å². The minimum atomic E-state index is 0.449. The summed E-state index contributed by atoms with van der Waals surface area (Å²) >= 11 is 0. The van der Waals surface area contributed by atoms with E-state index in [0.29, 0.717) is 18.1 Å². The van der Waals surface area contributed by atoms with Crippen molar-refractivity contribution in [2.45, 2.75) is 44.8 Å². The van der Waals surface area contributed by atoms with Crippen molar-refractivity contribution < 1.29 is 4.74 Å². The van der Waals surface area contributed by atoms with Gasteiger partial charge >= 0.3 is 0 Å². The van der Waals surface area contributed by atoms with Gasteiger partial charge in [-0.15, -0.1) is 0 Å². The van der Waals surface area contributed by atoms with Gasteiger partial charge in [0.1, 0.15) is 12.1 Å². The summed E-state index contributed by atoms with van der Waals surface area (Å²) in [4.78, 5) is 8.90. The van der Waals surface area contributed by atoms with E-state index in [1.807, 2.05) is 0 Å². The number of ether oxygens (including phenoxy) is 1. The van der Waals surface area contributed by atoms with E-state index < -0.39 is 0 Å². The standard InChI is InChI=1S/C17H21N3O/c1-11-4-2-6-14-16(11)17(19-10-18-14)20-13-5-3-7-15-12(13)8-9-21-15/h2,4,6,10,12-13,15H,3,5,7-9H2,1H3,(H,18,19,20). The molecule has 1 saturated heterocycles. The summed E-state index contributed by atoms with van der Waals surface area (Å²) in [7, 11) is 0. The second-order valence-corrected chi connectivity index (χ2v) is 6.23. The zero-order valence-electron chi connectivity index (χ0n) is 12.4. The molecule has 1 aromatic heterocycles. The van der Waals surface area contributed by atoms with Gasteiger partial charge in [-0.2, -0.15) is 0 Å². The van der Waals surface area contributed by atoms with E-state index in [-0.39, 0.29) is 0 Å². The topological polar surface area (TPSA) is 47.0 Å². The molecule has 1 aliphatic carbocycles. The second-order valence-electron chi connectivity index (χ2n) is 6.23. The predicted molar refractivity (Wildman–Crippen MR) is 83.4 cm³/mol. The molecule has 3 atom stereocenters. The fourth-order valence-electron chi connectivity index (χ4n) is 3.92. The molecule has 3 unspecified atom stereocenters. The van der Waals surface area contributed by atoms with Crippen LogP contribution in [0.3, 0.4) is 0 Å². The normalized spacial score (nSPS) is 28.5. The van der Waals surface area contributed by atoms with Crippen molar-refractivity contribution in [2.24, 2.45) is 5.92 Å². The van der Waals surface area contributed by atoms with Crippen LogP contribution in [0.2, 0.25) is 0 Å². The highest BCUT2D eigenvalue weighted by Crippen LogP contribution is 2.36. The van der Waals surface area contributed by atoms with Crippen LogP contribution in [-0.2, 0) is 4.74 Å². The lowest BCUT2D eigenvalue weighted by Crippen LogP contribution is -2.38. The smallest absolute Gasteiger partial charge is 0.137 e. The van der Waals surface area contributed by atoms with Gasteiger partial charge in [0.2, 0.25) is 0 Å². The predicted octanol–water partition coefficient (Wildman–Crippen LogP) is 3.31. The van der Waals surface area contributed by atoms with Gasteiger partial charge in [-0.05, 0) is 44.2 Å². The molecule has 2 aromatic rings. The van der Waals surface area contributed by atoms with Gasteiger partial charge in [-0.3, -0.25) is 0 Å². The van der Waals surface area contributed by atoms with Crippen LogP contribution in [-0.4, -0.2) is 28.7 Å². The molecule has 2 heterocycles. The van der Waals surface area contributed by atoms with Gasteiger partial charge in [0.25, 0.3) is 0 Å². The molecule has 4 rings (SSSR count). The van der Waals surface area contributed by atoms with Crippen molar-refractivity contribution in [1.29, 1.82) is 0 Å². The Balaban J connectivity index is 1.68. The SMILES string of the molecule is Cc1cccc2ncnc(NC3CCCC4OCCC34)c12. The van der Waals surface area contributed by atoms with Gasteiger partial charge in [0.05, 0.1) is 11.6 Å². The molecule has 1 saturated carbocycles. The lowest BCUT2D eigenvalue weighted by atomic mass is 9.82. The van der Waals surface area contributed by atoms with Gasteiger partial charge in [-0.1, -0.05) is 12.1 Å². The number of nitrogens with zero attached hydrogens (tertiary/aromatic N) is 2. The Morgan fingerprint density at radius 3 is 3.10 bits per heavy atom. The van der Waals surface area contributed by atoms with E-state index in [1.54, 1.807) is 6.33 Å². The van der Waals surface area contributed by atoms with E-state index in [2.05, 4.69) is 40.4 Å². The number of anilines is 1. The van der Waals surface area contributed by atoms with Crippen LogP contribution < -0.4 is 5.32 Å². The minimum Gasteiger partial charge on any atom is -0.378 e. The highest BCUT2D eigenvalue weighted by Gasteiger charge is 2.37. The maximum Gasteiger partial charge on any atom is 0.137 e. The quantitative estimate of drug-likeness (QED) is 0.918. The van der Waals surface area contributed by atoms with Gasteiger partial charge in [0, 0.05) is 24.0 Å². The number of benzene rings is 1. The van der Waals surface area contributed by atoms with Crippen LogP contribution in [0.5, 0.6) is 0 Å². The Bertz CT molecular complexity index is 652. The Kier molecular flexibility index (Phi) is 3.26. The van der Waals surface area contributed by atoms with Gasteiger partial charge in [-0.25, -0.2) is 9.97 Å². The molecule has 21 heavy (non-hydrogen) atoms. The molecule has 0 bridgehead atoms. The maximum atomic E-state index is 5.86. The first-order chi connectivity index (χ1) is 10.3. The Hall–Kier alpha value is -1.68. The zero-order valence-corrected chi connectivity index (χ0v) is 12.4. The summed E-state index contributed by atoms with van der Waals surface area (Å²) in [5, 5.41) is 4.86. The second kappa shape index (κ2) is 5.26. The zero-order chi connectivity index (χ0) is 14.2. The van der Waals surface area contributed by atoms with Crippen molar-refractivity contribution in [3.05, 3.63) is 30.1 Å². The van der Waals surface area contributed by atoms with Crippen LogP contribution in [0.25, 0.3) is 10.9 Å². The fraction of sp³-hybridized carbons (Fsp3) is 0.529. The summed E-state index contributed by atoms with van der Waals surface area (Å²) < 4.78 is 5.86. The molecule has 1 N–H and O–H groups in total. The average molecular weight is 283 g/mol. The highest BCUT2D eigenvalue weighted by atomic mass is 16.5. The van der Waals surface area contributed by atoms with Crippen LogP contribution in [0.4, 0.5) is 5.82 Å². The van der Waals surface area contributed by atoms with Crippen molar-refractivity contribution >= 4 is 16.7 Å². The largest absolute Gasteiger partial charge is 0.378 e. The third-order valence-corrected chi connectivity index (χ3v) is 4.97. The van der Waals surface area contributed by atoms with E-state index in [4.69, 9.17) is 4.74 Å². The third-order valence-electron chi connectivity index (χ3n) is 4.97. The van der Waals surface area contributed by atoms with Crippen LogP contribution in [0.15, 0.2) is 24.5 Å². The molecule has 4 nitrogen and oxygen atoms in total. The van der Waals surface area contributed by atoms with Crippen LogP contribution in [0.1, 0.15) is 31.2 Å². The summed E-state index contributed by atoms with van der Waals surface area (Å²) in [6.45, 7) is 3.04. The molecule has 2 fully saturated rings. The molecular weight excluding hydrogens is 262 g/mol. The fourth-order valence-corrected chi connectivity index (χ4v) is 3.92. The number of nitrogens with one attached hydrogen (secondary N) is 1. The van der Waals surface area contributed by atoms with Crippen LogP contribution in [0, 0.1) is 12.8 Å². The van der Waals surface area contributed by atoms with E-state index in [1.165, 1.54) is 31.2 Å². The Morgan fingerprint density at radius 1 is 1.19 bits per heavy atom. The third kappa shape index (κ3) is 2.27. The maximum absolute atomic E-state index is 5.86. The van der Waals surface area contributed by atoms with Crippen molar-refractivity contribution in [3.63, 3.8) is 0 Å². The summed E-state index contributed by atoms with van der Waals surface area (Å²) in [6.07, 6.45) is 6.94. The number of hydrogen-bond acceptors (Lipinski definition) is 4. The number of aromatic nitrogens is 2. The lowest BCUT2D eigenvalue weighted by molar-refractivity contribution is 0.0620. The van der Waals surface area contributed by atoms with Crippen LogP contribution >= 0.6 is 0 Å². The minimum absolute atomic E-state index is 0.449. The van der Waals surface area contributed by atoms with Crippen molar-refractivity contribution in [2.75, 3.05) is 11.9 Å². The summed E-state index contributed by atoms with van der Waals surface area (Å²) in [5.74, 6) is 1.61. The molecule has 0 spiro atoms. The number of hydrogen-bond donors (Lipinski definition) is 1. The molecule has 110 valence electrons. The first-order valence-corrected chi connectivity index (χ1v) is 7.91. The molecule has 0 radical (unpaired) electrons. The molecule has 1 aliphatic heterocycles. The van der Waals surface area contributed by atoms with Crippen molar-refractivity contribution in [3.8, 4) is 0 Å². The van der Waals surface area contributed by atoms with Crippen molar-refractivity contribution in [1.82, 2.24) is 9.97 Å². The monoisotopic (exact) mass is 283 g/mol. The van der Waals surface area contributed by atoms with Gasteiger partial charge in [0.15, 0.2) is 0 Å². The number of rotatable bonds is 2. The van der Waals surface area contributed by atoms with E-state index in [9.17, 15) is 0 Å². The average Bonchev–Trinajstić information content (AvgIpc) is 2.97. The Morgan fingerprint density at radius 2 is 2.14 bits per heavy atom. The first-order valence-electron chi connectivity index (χ1n) is 7.91. The lowest BCUT2D eigenvalue weighted by Gasteiger charge is -2.33. The highest BCUT2D eigenvalue weighted by molar-refractivity contribution is 5.91. The number of aryl methyl sites for hydroxylation is 1. The van der Waals surface area contributed by atoms with E-state index >= 15 is 0 Å². The summed E-state index contributed by atoms with van der Waals surface area (Å²) in [6, 6.07) is 6.70. The molecule has 0 amide bonds. The van der Waals surface area contributed by atoms with E-state index in [0.717, 1.165) is 23.3 Å². The first kappa shape index (κ1) is 13.0. The van der Waals surface area contributed by atoms with Gasteiger partial charge < -0.3 is 10.1 Å². The molecule has 2 aliphatic rings. The molecular formula is C17H21N3O. The molecule has 1 aromatic carbocycles. The summed E-state index contributed by atoms with van der Waals surface area (Å²) in [5.41, 5.74) is 2.24. The molecule has 4 heteroatoms.